The van der Waals surface area contributed by atoms with Gasteiger partial charge in [0.25, 0.3) is 0 Å². The summed E-state index contributed by atoms with van der Waals surface area (Å²) in [6, 6.07) is 6.95. The number of nitrogens with zero attached hydrogens (tertiary/aromatic N) is 4. The Bertz CT molecular complexity index is 1240. The van der Waals surface area contributed by atoms with Gasteiger partial charge in [-0.05, 0) is 55.0 Å². The van der Waals surface area contributed by atoms with Crippen LogP contribution in [0.3, 0.4) is 0 Å². The van der Waals surface area contributed by atoms with Gasteiger partial charge < -0.3 is 26.6 Å². The molecule has 0 radical (unpaired) electrons. The number of aromatic nitrogens is 1. The van der Waals surface area contributed by atoms with Gasteiger partial charge in [0.1, 0.15) is 0 Å². The van der Waals surface area contributed by atoms with Gasteiger partial charge >= 0.3 is 6.03 Å². The van der Waals surface area contributed by atoms with Gasteiger partial charge in [-0.3, -0.25) is 9.98 Å². The molecule has 2 aromatic rings. The molecule has 1 unspecified atom stereocenters. The zero-order chi connectivity index (χ0) is 24.9. The number of piperidine rings is 1. The second-order valence-electron chi connectivity index (χ2n) is 9.17. The quantitative estimate of drug-likeness (QED) is 0.410. The van der Waals surface area contributed by atoms with Crippen LogP contribution in [0.5, 0.6) is 0 Å². The smallest absolute Gasteiger partial charge is 0.321 e. The fourth-order valence-corrected chi connectivity index (χ4v) is 4.68. The molecule has 5 rings (SSSR count). The fourth-order valence-electron chi connectivity index (χ4n) is 4.68. The zero-order valence-electron chi connectivity index (χ0n) is 20.2. The van der Waals surface area contributed by atoms with Crippen molar-refractivity contribution in [2.24, 2.45) is 21.8 Å². The fraction of sp³-hybridized carbons (Fsp3) is 0.333. The molecule has 1 saturated heterocycles. The van der Waals surface area contributed by atoms with Crippen LogP contribution < -0.4 is 10.6 Å². The number of benzene rings is 1. The minimum absolute atomic E-state index is 0. The van der Waals surface area contributed by atoms with Crippen molar-refractivity contribution in [1.29, 1.82) is 0 Å². The molecule has 192 valence electrons. The van der Waals surface area contributed by atoms with Gasteiger partial charge in [0.2, 0.25) is 0 Å². The van der Waals surface area contributed by atoms with Gasteiger partial charge in [-0.2, -0.15) is 11.9 Å². The largest absolute Gasteiger partial charge is 0.433 e. The number of hydrogen-bond donors (Lipinski definition) is 2. The molecular formula is C27H27F2MoN6O-. The number of hydrogen-bond acceptors (Lipinski definition) is 5. The summed E-state index contributed by atoms with van der Waals surface area (Å²) in [6.07, 6.45) is 13.0. The molecule has 7 nitrogen and oxygen atoms in total. The third-order valence-electron chi connectivity index (χ3n) is 6.68. The van der Waals surface area contributed by atoms with Crippen molar-refractivity contribution in [1.82, 2.24) is 15.2 Å². The van der Waals surface area contributed by atoms with Gasteiger partial charge in [-0.1, -0.05) is 6.07 Å². The van der Waals surface area contributed by atoms with Crippen molar-refractivity contribution in [3.63, 3.8) is 0 Å². The topological polar surface area (TPSA) is 82.0 Å². The molecule has 0 spiro atoms. The zero-order valence-corrected chi connectivity index (χ0v) is 22.2. The van der Waals surface area contributed by atoms with Crippen LogP contribution in [0.1, 0.15) is 24.8 Å². The van der Waals surface area contributed by atoms with Crippen molar-refractivity contribution in [3.05, 3.63) is 83.5 Å². The average Bonchev–Trinajstić information content (AvgIpc) is 3.10. The predicted octanol–water partition coefficient (Wildman–Crippen LogP) is 4.51. The van der Waals surface area contributed by atoms with Crippen LogP contribution in [-0.4, -0.2) is 47.5 Å². The monoisotopic (exact) mass is 587 g/mol. The third-order valence-corrected chi connectivity index (χ3v) is 6.68. The van der Waals surface area contributed by atoms with E-state index < -0.39 is 11.6 Å². The number of carbonyl (C=O) groups excluding carboxylic acids is 1. The standard InChI is InChI=1S/C27H27F2N6O.Mo/c28-23-4-3-21(13-24(23)29)33-27(36)35-10-6-19(7-11-35)26-14-22(32-16-18-2-1-8-30-15-18)12-20-17-31-9-5-25(20)34-26;/h1-4,8-9,13-15,19-20,34H,6-7,10-12,16-17H2,(H,33,36);/q-1;. The SMILES string of the molecule is O=C(Nc1ccc(F)c(F)c1)N1CCC(C2=CC(=NCc3cccnc3)CC3CN=C[C-]=C3N2)CC1.[Mo]. The van der Waals surface area contributed by atoms with Gasteiger partial charge in [-0.15, -0.1) is 0 Å². The van der Waals surface area contributed by atoms with Crippen LogP contribution in [0.15, 0.2) is 70.2 Å². The molecule has 37 heavy (non-hydrogen) atoms. The van der Waals surface area contributed by atoms with E-state index in [9.17, 15) is 13.6 Å². The summed E-state index contributed by atoms with van der Waals surface area (Å²) in [6.45, 7) is 2.36. The summed E-state index contributed by atoms with van der Waals surface area (Å²) < 4.78 is 26.7. The number of carbonyl (C=O) groups is 1. The van der Waals surface area contributed by atoms with Crippen molar-refractivity contribution in [2.45, 2.75) is 25.8 Å². The van der Waals surface area contributed by atoms with E-state index in [0.29, 0.717) is 26.2 Å². The summed E-state index contributed by atoms with van der Waals surface area (Å²) in [5, 5.41) is 6.25. The van der Waals surface area contributed by atoms with E-state index in [1.165, 1.54) is 6.07 Å². The van der Waals surface area contributed by atoms with Crippen molar-refractivity contribution in [3.8, 4) is 0 Å². The van der Waals surface area contributed by atoms with E-state index >= 15 is 0 Å². The van der Waals surface area contributed by atoms with E-state index in [-0.39, 0.29) is 44.6 Å². The Morgan fingerprint density at radius 2 is 2.03 bits per heavy atom. The Labute approximate surface area is 229 Å². The number of aliphatic imine (C=N–C) groups is 2. The van der Waals surface area contributed by atoms with Gasteiger partial charge in [0.15, 0.2) is 11.6 Å². The van der Waals surface area contributed by atoms with Crippen LogP contribution in [0, 0.1) is 29.5 Å². The first-order chi connectivity index (χ1) is 17.5. The normalized spacial score (nSPS) is 20.6. The van der Waals surface area contributed by atoms with Crippen LogP contribution in [-0.2, 0) is 27.6 Å². The number of dihydropyridines is 1. The van der Waals surface area contributed by atoms with Gasteiger partial charge in [0, 0.05) is 82.2 Å². The molecule has 2 N–H and O–H groups in total. The Hall–Kier alpha value is -3.19. The van der Waals surface area contributed by atoms with E-state index in [4.69, 9.17) is 4.99 Å². The Morgan fingerprint density at radius 3 is 2.78 bits per heavy atom. The summed E-state index contributed by atoms with van der Waals surface area (Å²) in [7, 11) is 0. The number of pyridine rings is 1. The molecule has 0 aliphatic carbocycles. The molecule has 1 atom stereocenters. The summed E-state index contributed by atoms with van der Waals surface area (Å²) >= 11 is 0. The molecule has 4 heterocycles. The molecule has 0 bridgehead atoms. The van der Waals surface area contributed by atoms with Crippen molar-refractivity contribution in [2.75, 3.05) is 25.0 Å². The van der Waals surface area contributed by atoms with E-state index in [2.05, 4.69) is 32.8 Å². The summed E-state index contributed by atoms with van der Waals surface area (Å²) in [5.74, 6) is -1.50. The maximum absolute atomic E-state index is 13.5. The summed E-state index contributed by atoms with van der Waals surface area (Å²) in [5.41, 5.74) is 4.42. The van der Waals surface area contributed by atoms with Crippen molar-refractivity contribution >= 4 is 23.6 Å². The Morgan fingerprint density at radius 1 is 1.19 bits per heavy atom. The van der Waals surface area contributed by atoms with E-state index in [1.54, 1.807) is 17.3 Å². The van der Waals surface area contributed by atoms with Gasteiger partial charge in [0.05, 0.1) is 6.54 Å². The Kier molecular flexibility index (Phi) is 8.98. The molecule has 2 amide bonds. The Balaban J connectivity index is 0.00000320. The molecular weight excluding hydrogens is 558 g/mol. The van der Waals surface area contributed by atoms with Crippen LogP contribution in [0.2, 0.25) is 0 Å². The van der Waals surface area contributed by atoms with Gasteiger partial charge in [-0.25, -0.2) is 13.6 Å². The number of rotatable bonds is 4. The predicted molar refractivity (Wildman–Crippen MR) is 134 cm³/mol. The average molecular weight is 585 g/mol. The number of urea groups is 1. The molecule has 1 aromatic heterocycles. The first kappa shape index (κ1) is 26.9. The number of amides is 2. The number of nitrogens with one attached hydrogen (secondary N) is 2. The first-order valence-corrected chi connectivity index (χ1v) is 12.1. The minimum Gasteiger partial charge on any atom is -0.433 e. The third kappa shape index (κ3) is 6.77. The molecule has 3 aliphatic heterocycles. The van der Waals surface area contributed by atoms with Crippen LogP contribution in [0.25, 0.3) is 0 Å². The second-order valence-corrected chi connectivity index (χ2v) is 9.17. The number of allylic oxidation sites excluding steroid dienone is 3. The minimum atomic E-state index is -0.990. The molecule has 3 aliphatic rings. The van der Waals surface area contributed by atoms with E-state index in [0.717, 1.165) is 54.1 Å². The molecule has 1 aromatic carbocycles. The first-order valence-electron chi connectivity index (χ1n) is 12.1. The number of anilines is 1. The number of fused-ring (bicyclic) bond motifs is 1. The van der Waals surface area contributed by atoms with E-state index in [1.807, 2.05) is 18.3 Å². The maximum Gasteiger partial charge on any atom is 0.321 e. The van der Waals surface area contributed by atoms with Crippen molar-refractivity contribution < 1.29 is 34.6 Å². The summed E-state index contributed by atoms with van der Waals surface area (Å²) in [4.78, 5) is 27.8. The molecule has 1 fully saturated rings. The number of likely N-dealkylation sites (tertiary alicyclic amines) is 1. The maximum atomic E-state index is 13.5. The number of halogens is 2. The molecule has 0 saturated carbocycles. The van der Waals surface area contributed by atoms with Crippen LogP contribution >= 0.6 is 0 Å². The molecule has 10 heteroatoms. The second kappa shape index (κ2) is 12.4. The van der Waals surface area contributed by atoms with Crippen LogP contribution in [0.4, 0.5) is 19.3 Å².